The molecule has 0 aliphatic carbocycles. The van der Waals surface area contributed by atoms with Crippen molar-refractivity contribution in [1.82, 2.24) is 9.78 Å². The van der Waals surface area contributed by atoms with Gasteiger partial charge in [0.05, 0.1) is 11.4 Å². The predicted octanol–water partition coefficient (Wildman–Crippen LogP) is 9.00. The van der Waals surface area contributed by atoms with Gasteiger partial charge in [0.15, 0.2) is 0 Å². The molecular weight excluding hydrogens is 484 g/mol. The first-order valence-electron chi connectivity index (χ1n) is 11.1. The molecule has 0 radical (unpaired) electrons. The first kappa shape index (κ1) is 22.0. The van der Waals surface area contributed by atoms with Crippen molar-refractivity contribution in [2.45, 2.75) is 13.8 Å². The van der Waals surface area contributed by atoms with Gasteiger partial charge in [-0.1, -0.05) is 82.7 Å². The van der Waals surface area contributed by atoms with Gasteiger partial charge in [0.2, 0.25) is 0 Å². The zero-order chi connectivity index (χ0) is 23.5. The summed E-state index contributed by atoms with van der Waals surface area (Å²) in [6.07, 6.45) is 0. The molecule has 0 saturated carbocycles. The molecule has 5 rings (SSSR count). The van der Waals surface area contributed by atoms with Crippen LogP contribution in [0.1, 0.15) is 11.1 Å². The summed E-state index contributed by atoms with van der Waals surface area (Å²) < 4.78 is 2.99. The normalized spacial score (nSPS) is 11.3. The lowest BCUT2D eigenvalue weighted by Crippen LogP contribution is -2.00. The van der Waals surface area contributed by atoms with Gasteiger partial charge >= 0.3 is 0 Å². The van der Waals surface area contributed by atoms with Crippen LogP contribution in [0.5, 0.6) is 0 Å². The summed E-state index contributed by atoms with van der Waals surface area (Å²) in [6, 6.07) is 34.6. The van der Waals surface area contributed by atoms with Gasteiger partial charge < -0.3 is 0 Å². The van der Waals surface area contributed by atoms with E-state index in [4.69, 9.17) is 10.2 Å². The fourth-order valence-corrected chi connectivity index (χ4v) is 4.07. The molecule has 166 valence electrons. The molecule has 0 unspecified atom stereocenters. The lowest BCUT2D eigenvalue weighted by atomic mass is 10.1. The van der Waals surface area contributed by atoms with Crippen LogP contribution in [-0.2, 0) is 0 Å². The van der Waals surface area contributed by atoms with Gasteiger partial charge in [-0.05, 0) is 61.4 Å². The second-order valence-electron chi connectivity index (χ2n) is 8.13. The number of benzene rings is 4. The molecule has 0 spiro atoms. The van der Waals surface area contributed by atoms with Crippen LogP contribution in [0.4, 0.5) is 11.4 Å². The summed E-state index contributed by atoms with van der Waals surface area (Å²) in [4.78, 5) is 0. The first-order chi connectivity index (χ1) is 16.6. The Morgan fingerprint density at radius 2 is 1.32 bits per heavy atom. The Balaban J connectivity index is 1.78. The van der Waals surface area contributed by atoms with E-state index in [1.165, 1.54) is 11.1 Å². The largest absolute Gasteiger partial charge is 0.230 e. The van der Waals surface area contributed by atoms with Crippen molar-refractivity contribution >= 4 is 27.3 Å². The van der Waals surface area contributed by atoms with Crippen LogP contribution in [0.3, 0.4) is 0 Å². The van der Waals surface area contributed by atoms with Crippen LogP contribution >= 0.6 is 15.9 Å². The highest BCUT2D eigenvalue weighted by molar-refractivity contribution is 9.10. The van der Waals surface area contributed by atoms with Crippen molar-refractivity contribution in [3.05, 3.63) is 119 Å². The molecule has 4 nitrogen and oxygen atoms in total. The minimum atomic E-state index is 0.735. The lowest BCUT2D eigenvalue weighted by molar-refractivity contribution is 0.889. The van der Waals surface area contributed by atoms with Crippen LogP contribution in [0.2, 0.25) is 0 Å². The van der Waals surface area contributed by atoms with Crippen LogP contribution in [0, 0.1) is 13.8 Å². The molecule has 0 amide bonds. The highest BCUT2D eigenvalue weighted by Gasteiger charge is 2.22. The first-order valence-corrected chi connectivity index (χ1v) is 11.9. The molecule has 5 aromatic rings. The zero-order valence-electron chi connectivity index (χ0n) is 19.0. The van der Waals surface area contributed by atoms with Gasteiger partial charge in [0.1, 0.15) is 17.1 Å². The summed E-state index contributed by atoms with van der Waals surface area (Å²) in [7, 11) is 0. The van der Waals surface area contributed by atoms with E-state index in [2.05, 4.69) is 77.4 Å². The summed E-state index contributed by atoms with van der Waals surface area (Å²) >= 11 is 3.48. The van der Waals surface area contributed by atoms with Gasteiger partial charge in [-0.15, -0.1) is 5.11 Å². The number of aromatic nitrogens is 2. The van der Waals surface area contributed by atoms with Gasteiger partial charge in [-0.25, -0.2) is 4.68 Å². The highest BCUT2D eigenvalue weighted by Crippen LogP contribution is 2.41. The SMILES string of the molecule is Cc1ccc(-n2nc(-c3ccccc3)c(N=Nc3ccc(Br)cc3)c2-c2ccccc2)cc1C. The van der Waals surface area contributed by atoms with E-state index in [0.717, 1.165) is 44.0 Å². The van der Waals surface area contributed by atoms with Gasteiger partial charge in [-0.3, -0.25) is 0 Å². The van der Waals surface area contributed by atoms with Crippen LogP contribution in [-0.4, -0.2) is 9.78 Å². The summed E-state index contributed by atoms with van der Waals surface area (Å²) in [6.45, 7) is 4.24. The van der Waals surface area contributed by atoms with Crippen molar-refractivity contribution in [2.24, 2.45) is 10.2 Å². The summed E-state index contributed by atoms with van der Waals surface area (Å²) in [5, 5.41) is 14.4. The van der Waals surface area contributed by atoms with E-state index in [0.29, 0.717) is 0 Å². The Morgan fingerprint density at radius 3 is 1.97 bits per heavy atom. The number of hydrogen-bond acceptors (Lipinski definition) is 3. The summed E-state index contributed by atoms with van der Waals surface area (Å²) in [5.74, 6) is 0. The fourth-order valence-electron chi connectivity index (χ4n) is 3.81. The zero-order valence-corrected chi connectivity index (χ0v) is 20.6. The average molecular weight is 507 g/mol. The van der Waals surface area contributed by atoms with E-state index in [1.807, 2.05) is 65.3 Å². The third-order valence-electron chi connectivity index (χ3n) is 5.78. The summed E-state index contributed by atoms with van der Waals surface area (Å²) in [5.41, 5.74) is 8.68. The monoisotopic (exact) mass is 506 g/mol. The van der Waals surface area contributed by atoms with Crippen molar-refractivity contribution in [3.63, 3.8) is 0 Å². The van der Waals surface area contributed by atoms with Gasteiger partial charge in [0, 0.05) is 15.6 Å². The Morgan fingerprint density at radius 1 is 0.676 bits per heavy atom. The molecule has 0 aliphatic rings. The average Bonchev–Trinajstić information content (AvgIpc) is 3.26. The number of halogens is 1. The highest BCUT2D eigenvalue weighted by atomic mass is 79.9. The minimum absolute atomic E-state index is 0.735. The maximum Gasteiger partial charge on any atom is 0.140 e. The van der Waals surface area contributed by atoms with Gasteiger partial charge in [0.25, 0.3) is 0 Å². The van der Waals surface area contributed by atoms with Crippen molar-refractivity contribution < 1.29 is 0 Å². The molecule has 1 aromatic heterocycles. The second-order valence-corrected chi connectivity index (χ2v) is 9.05. The Labute approximate surface area is 207 Å². The molecule has 0 aliphatic heterocycles. The molecule has 0 fully saturated rings. The Kier molecular flexibility index (Phi) is 6.19. The van der Waals surface area contributed by atoms with Crippen LogP contribution in [0.25, 0.3) is 28.2 Å². The smallest absolute Gasteiger partial charge is 0.140 e. The minimum Gasteiger partial charge on any atom is -0.230 e. The Hall–Kier alpha value is -3.83. The number of hydrogen-bond donors (Lipinski definition) is 0. The van der Waals surface area contributed by atoms with E-state index >= 15 is 0 Å². The van der Waals surface area contributed by atoms with E-state index in [9.17, 15) is 0 Å². The third-order valence-corrected chi connectivity index (χ3v) is 6.31. The molecule has 0 atom stereocenters. The number of nitrogens with zero attached hydrogens (tertiary/aromatic N) is 4. The molecule has 0 bridgehead atoms. The molecular formula is C29H23BrN4. The standard InChI is InChI=1S/C29H23BrN4/c1-20-13-18-26(19-21(20)2)34-29(23-11-7-4-8-12-23)28(27(33-34)22-9-5-3-6-10-22)32-31-25-16-14-24(30)15-17-25/h3-19H,1-2H3. The quantitative estimate of drug-likeness (QED) is 0.219. The van der Waals surface area contributed by atoms with Crippen LogP contribution < -0.4 is 0 Å². The Bertz CT molecular complexity index is 1450. The maximum absolute atomic E-state index is 5.08. The van der Waals surface area contributed by atoms with E-state index < -0.39 is 0 Å². The van der Waals surface area contributed by atoms with Crippen molar-refractivity contribution in [2.75, 3.05) is 0 Å². The second kappa shape index (κ2) is 9.57. The fraction of sp³-hybridized carbons (Fsp3) is 0.0690. The van der Waals surface area contributed by atoms with Crippen LogP contribution in [0.15, 0.2) is 118 Å². The van der Waals surface area contributed by atoms with Gasteiger partial charge in [-0.2, -0.15) is 10.2 Å². The van der Waals surface area contributed by atoms with Crippen molar-refractivity contribution in [3.8, 4) is 28.2 Å². The topological polar surface area (TPSA) is 42.5 Å². The lowest BCUT2D eigenvalue weighted by Gasteiger charge is -2.10. The molecule has 34 heavy (non-hydrogen) atoms. The number of rotatable bonds is 5. The van der Waals surface area contributed by atoms with E-state index in [-0.39, 0.29) is 0 Å². The molecule has 1 heterocycles. The predicted molar refractivity (Wildman–Crippen MR) is 142 cm³/mol. The van der Waals surface area contributed by atoms with E-state index in [1.54, 1.807) is 0 Å². The molecule has 0 N–H and O–H groups in total. The third kappa shape index (κ3) is 4.47. The van der Waals surface area contributed by atoms with Crippen molar-refractivity contribution in [1.29, 1.82) is 0 Å². The molecule has 4 aromatic carbocycles. The number of azo groups is 1. The number of aryl methyl sites for hydroxylation is 2. The molecule has 5 heteroatoms. The maximum atomic E-state index is 5.08. The molecule has 0 saturated heterocycles.